The van der Waals surface area contributed by atoms with E-state index in [-0.39, 0.29) is 5.56 Å². The minimum Gasteiger partial charge on any atom is -0.319 e. The molecule has 0 aromatic heterocycles. The molecule has 1 aromatic carbocycles. The van der Waals surface area contributed by atoms with Crippen LogP contribution < -0.4 is 11.1 Å². The van der Waals surface area contributed by atoms with Crippen molar-refractivity contribution in [3.05, 3.63) is 34.4 Å². The SMILES string of the molecule is NC1(c2ccc(F)c(Cl)c2F)CNC1. The number of nitrogens with one attached hydrogen (secondary N) is 1. The van der Waals surface area contributed by atoms with Gasteiger partial charge in [-0.05, 0) is 6.07 Å². The molecule has 1 fully saturated rings. The van der Waals surface area contributed by atoms with Gasteiger partial charge < -0.3 is 11.1 Å². The van der Waals surface area contributed by atoms with Crippen LogP contribution in [-0.2, 0) is 5.54 Å². The molecule has 2 nitrogen and oxygen atoms in total. The Balaban J connectivity index is 2.49. The lowest BCUT2D eigenvalue weighted by atomic mass is 9.85. The summed E-state index contributed by atoms with van der Waals surface area (Å²) in [7, 11) is 0. The molecule has 0 amide bonds. The smallest absolute Gasteiger partial charge is 0.149 e. The lowest BCUT2D eigenvalue weighted by Gasteiger charge is -2.39. The van der Waals surface area contributed by atoms with Gasteiger partial charge in [0.25, 0.3) is 0 Å². The topological polar surface area (TPSA) is 38.0 Å². The molecular weight excluding hydrogens is 210 g/mol. The van der Waals surface area contributed by atoms with Crippen molar-refractivity contribution in [2.24, 2.45) is 5.73 Å². The fourth-order valence-corrected chi connectivity index (χ4v) is 1.66. The number of nitrogens with two attached hydrogens (primary N) is 1. The fraction of sp³-hybridized carbons (Fsp3) is 0.333. The second-order valence-corrected chi connectivity index (χ2v) is 3.86. The van der Waals surface area contributed by atoms with Gasteiger partial charge in [0.05, 0.1) is 5.54 Å². The Morgan fingerprint density at radius 3 is 2.50 bits per heavy atom. The summed E-state index contributed by atoms with van der Waals surface area (Å²) in [4.78, 5) is 0. The minimum absolute atomic E-state index is 0.266. The molecule has 0 spiro atoms. The highest BCUT2D eigenvalue weighted by Crippen LogP contribution is 2.30. The van der Waals surface area contributed by atoms with Crippen molar-refractivity contribution < 1.29 is 8.78 Å². The lowest BCUT2D eigenvalue weighted by Crippen LogP contribution is -2.63. The Morgan fingerprint density at radius 1 is 1.36 bits per heavy atom. The van der Waals surface area contributed by atoms with Crippen LogP contribution in [-0.4, -0.2) is 13.1 Å². The van der Waals surface area contributed by atoms with E-state index in [4.69, 9.17) is 17.3 Å². The fourth-order valence-electron chi connectivity index (χ4n) is 1.50. The van der Waals surface area contributed by atoms with Gasteiger partial charge in [-0.1, -0.05) is 17.7 Å². The van der Waals surface area contributed by atoms with Crippen LogP contribution in [0.3, 0.4) is 0 Å². The van der Waals surface area contributed by atoms with Crippen molar-refractivity contribution in [3.63, 3.8) is 0 Å². The first kappa shape index (κ1) is 9.83. The summed E-state index contributed by atoms with van der Waals surface area (Å²) in [5.41, 5.74) is 5.38. The van der Waals surface area contributed by atoms with Crippen molar-refractivity contribution in [2.45, 2.75) is 5.54 Å². The predicted molar refractivity (Wildman–Crippen MR) is 50.1 cm³/mol. The molecule has 0 atom stereocenters. The summed E-state index contributed by atoms with van der Waals surface area (Å²) in [6.07, 6.45) is 0. The van der Waals surface area contributed by atoms with Gasteiger partial charge in [-0.15, -0.1) is 0 Å². The zero-order valence-corrected chi connectivity index (χ0v) is 8.04. The number of halogens is 3. The molecule has 0 bridgehead atoms. The van der Waals surface area contributed by atoms with E-state index in [1.807, 2.05) is 0 Å². The zero-order valence-electron chi connectivity index (χ0n) is 7.28. The van der Waals surface area contributed by atoms with Crippen molar-refractivity contribution in [1.82, 2.24) is 5.32 Å². The molecule has 1 aliphatic rings. The maximum absolute atomic E-state index is 13.5. The van der Waals surface area contributed by atoms with Gasteiger partial charge >= 0.3 is 0 Å². The third-order valence-corrected chi connectivity index (χ3v) is 2.80. The standard InChI is InChI=1S/C9H9ClF2N2/c10-7-6(11)2-1-5(8(7)12)9(13)3-14-4-9/h1-2,14H,3-4,13H2. The molecule has 0 saturated carbocycles. The van der Waals surface area contributed by atoms with E-state index in [9.17, 15) is 8.78 Å². The van der Waals surface area contributed by atoms with Gasteiger partial charge in [0.15, 0.2) is 0 Å². The predicted octanol–water partition coefficient (Wildman–Crippen LogP) is 1.38. The molecule has 1 aromatic rings. The Kier molecular flexibility index (Phi) is 2.21. The Labute approximate surface area is 85.0 Å². The van der Waals surface area contributed by atoms with Crippen LogP contribution in [0.25, 0.3) is 0 Å². The van der Waals surface area contributed by atoms with E-state index >= 15 is 0 Å². The van der Waals surface area contributed by atoms with Crippen LogP contribution in [0.15, 0.2) is 12.1 Å². The molecule has 2 rings (SSSR count). The Hall–Kier alpha value is -0.710. The third kappa shape index (κ3) is 1.30. The molecule has 1 aliphatic heterocycles. The quantitative estimate of drug-likeness (QED) is 0.699. The van der Waals surface area contributed by atoms with Crippen LogP contribution in [0.2, 0.25) is 5.02 Å². The summed E-state index contributed by atoms with van der Waals surface area (Å²) >= 11 is 5.44. The highest BCUT2D eigenvalue weighted by Gasteiger charge is 2.37. The summed E-state index contributed by atoms with van der Waals surface area (Å²) in [5.74, 6) is -1.51. The third-order valence-electron chi connectivity index (χ3n) is 2.45. The monoisotopic (exact) mass is 218 g/mol. The average molecular weight is 219 g/mol. The van der Waals surface area contributed by atoms with Crippen molar-refractivity contribution in [1.29, 1.82) is 0 Å². The Bertz CT molecular complexity index is 377. The second kappa shape index (κ2) is 3.15. The summed E-state index contributed by atoms with van der Waals surface area (Å²) in [5, 5.41) is 2.45. The van der Waals surface area contributed by atoms with Crippen LogP contribution in [0.5, 0.6) is 0 Å². The zero-order chi connectivity index (χ0) is 10.3. The molecule has 1 saturated heterocycles. The molecule has 0 radical (unpaired) electrons. The van der Waals surface area contributed by atoms with Crippen LogP contribution in [0.1, 0.15) is 5.56 Å². The van der Waals surface area contributed by atoms with Crippen molar-refractivity contribution >= 4 is 11.6 Å². The van der Waals surface area contributed by atoms with Gasteiger partial charge in [-0.3, -0.25) is 0 Å². The second-order valence-electron chi connectivity index (χ2n) is 3.48. The molecule has 14 heavy (non-hydrogen) atoms. The van der Waals surface area contributed by atoms with Gasteiger partial charge in [-0.2, -0.15) is 0 Å². The Morgan fingerprint density at radius 2 is 2.00 bits per heavy atom. The molecule has 0 unspecified atom stereocenters. The first-order valence-corrected chi connectivity index (χ1v) is 4.56. The normalized spacial score (nSPS) is 19.1. The minimum atomic E-state index is -0.760. The number of hydrogen-bond acceptors (Lipinski definition) is 2. The van der Waals surface area contributed by atoms with Gasteiger partial charge in [-0.25, -0.2) is 8.78 Å². The number of benzene rings is 1. The van der Waals surface area contributed by atoms with E-state index < -0.39 is 22.2 Å². The molecular formula is C9H9ClF2N2. The van der Waals surface area contributed by atoms with Crippen LogP contribution >= 0.6 is 11.6 Å². The van der Waals surface area contributed by atoms with E-state index in [1.54, 1.807) is 0 Å². The van der Waals surface area contributed by atoms with Gasteiger partial charge in [0, 0.05) is 18.7 Å². The average Bonchev–Trinajstić information content (AvgIpc) is 2.11. The first-order valence-electron chi connectivity index (χ1n) is 4.18. The number of rotatable bonds is 1. The molecule has 0 aliphatic carbocycles. The largest absolute Gasteiger partial charge is 0.319 e. The van der Waals surface area contributed by atoms with Crippen molar-refractivity contribution in [2.75, 3.05) is 13.1 Å². The molecule has 76 valence electrons. The molecule has 5 heteroatoms. The highest BCUT2D eigenvalue weighted by molar-refractivity contribution is 6.31. The maximum Gasteiger partial charge on any atom is 0.149 e. The summed E-state index contributed by atoms with van der Waals surface area (Å²) in [6, 6.07) is 2.48. The summed E-state index contributed by atoms with van der Waals surface area (Å²) < 4.78 is 26.3. The lowest BCUT2D eigenvalue weighted by molar-refractivity contribution is 0.277. The molecule has 3 N–H and O–H groups in total. The van der Waals surface area contributed by atoms with E-state index in [0.717, 1.165) is 6.07 Å². The van der Waals surface area contributed by atoms with Crippen LogP contribution in [0, 0.1) is 11.6 Å². The van der Waals surface area contributed by atoms with E-state index in [2.05, 4.69) is 5.32 Å². The molecule has 1 heterocycles. The van der Waals surface area contributed by atoms with Gasteiger partial charge in [0.1, 0.15) is 16.7 Å². The van der Waals surface area contributed by atoms with Crippen molar-refractivity contribution in [3.8, 4) is 0 Å². The highest BCUT2D eigenvalue weighted by atomic mass is 35.5. The maximum atomic E-state index is 13.5. The summed E-state index contributed by atoms with van der Waals surface area (Å²) in [6.45, 7) is 0.956. The van der Waals surface area contributed by atoms with Gasteiger partial charge in [0.2, 0.25) is 0 Å². The van der Waals surface area contributed by atoms with Crippen LogP contribution in [0.4, 0.5) is 8.78 Å². The number of hydrogen-bond donors (Lipinski definition) is 2. The van der Waals surface area contributed by atoms with E-state index in [0.29, 0.717) is 13.1 Å². The van der Waals surface area contributed by atoms with E-state index in [1.165, 1.54) is 6.07 Å². The first-order chi connectivity index (χ1) is 6.54.